The highest BCUT2D eigenvalue weighted by molar-refractivity contribution is 7.85. The number of para-hydroxylation sites is 1. The number of esters is 1. The number of hydrogen-bond donors (Lipinski definition) is 2. The molecule has 1 atom stereocenters. The molecule has 22 heavy (non-hydrogen) atoms. The average molecular weight is 331 g/mol. The van der Waals surface area contributed by atoms with E-state index >= 15 is 0 Å². The fourth-order valence-corrected chi connectivity index (χ4v) is 2.33. The van der Waals surface area contributed by atoms with Crippen molar-refractivity contribution in [2.45, 2.75) is 13.0 Å². The molecule has 0 bridgehead atoms. The van der Waals surface area contributed by atoms with Gasteiger partial charge in [0.1, 0.15) is 17.5 Å². The van der Waals surface area contributed by atoms with E-state index in [9.17, 15) is 18.0 Å². The Labute approximate surface area is 128 Å². The molecule has 0 aliphatic carbocycles. The number of methoxy groups -OCH3 is 1. The van der Waals surface area contributed by atoms with Crippen LogP contribution in [0, 0.1) is 0 Å². The monoisotopic (exact) mass is 331 g/mol. The number of rotatable bonds is 7. The number of carbonyl (C=O) groups excluding carboxylic acids is 2. The molecule has 1 aromatic carbocycles. The summed E-state index contributed by atoms with van der Waals surface area (Å²) in [6.45, 7) is 2.07. The van der Waals surface area contributed by atoms with Gasteiger partial charge < -0.3 is 14.8 Å². The van der Waals surface area contributed by atoms with Crippen LogP contribution >= 0.6 is 0 Å². The Morgan fingerprint density at radius 2 is 1.95 bits per heavy atom. The quantitative estimate of drug-likeness (QED) is 0.543. The van der Waals surface area contributed by atoms with Gasteiger partial charge in [-0.3, -0.25) is 9.35 Å². The second-order valence-electron chi connectivity index (χ2n) is 4.23. The molecule has 1 rings (SSSR count). The lowest BCUT2D eigenvalue weighted by Gasteiger charge is -2.16. The topological polar surface area (TPSA) is 119 Å². The molecule has 9 heteroatoms. The van der Waals surface area contributed by atoms with E-state index in [0.717, 1.165) is 7.11 Å². The second-order valence-corrected chi connectivity index (χ2v) is 5.72. The van der Waals surface area contributed by atoms with Gasteiger partial charge in [0.2, 0.25) is 0 Å². The summed E-state index contributed by atoms with van der Waals surface area (Å²) in [5, 5.41) is 2.21. The van der Waals surface area contributed by atoms with Crippen LogP contribution in [-0.4, -0.2) is 50.4 Å². The lowest BCUT2D eigenvalue weighted by atomic mass is 10.1. The predicted octanol–water partition coefficient (Wildman–Crippen LogP) is 0.245. The summed E-state index contributed by atoms with van der Waals surface area (Å²) in [6, 6.07) is 4.75. The number of carbonyl (C=O) groups is 2. The van der Waals surface area contributed by atoms with Crippen molar-refractivity contribution >= 4 is 22.0 Å². The minimum atomic E-state index is -4.47. The van der Waals surface area contributed by atoms with E-state index in [1.54, 1.807) is 25.1 Å². The van der Waals surface area contributed by atoms with Crippen molar-refractivity contribution in [3.05, 3.63) is 29.8 Å². The second kappa shape index (κ2) is 7.76. The van der Waals surface area contributed by atoms with Crippen LogP contribution in [0.2, 0.25) is 0 Å². The average Bonchev–Trinajstić information content (AvgIpc) is 2.45. The van der Waals surface area contributed by atoms with Crippen LogP contribution in [0.1, 0.15) is 17.3 Å². The first-order valence-electron chi connectivity index (χ1n) is 6.34. The van der Waals surface area contributed by atoms with E-state index in [0.29, 0.717) is 6.61 Å². The molecule has 122 valence electrons. The zero-order chi connectivity index (χ0) is 16.8. The van der Waals surface area contributed by atoms with Crippen LogP contribution < -0.4 is 10.1 Å². The molecule has 2 N–H and O–H groups in total. The number of ether oxygens (including phenoxy) is 2. The van der Waals surface area contributed by atoms with Gasteiger partial charge in [-0.15, -0.1) is 0 Å². The lowest BCUT2D eigenvalue weighted by Crippen LogP contribution is -2.46. The molecule has 0 aromatic heterocycles. The number of nitrogens with one attached hydrogen (secondary N) is 1. The minimum absolute atomic E-state index is 0.133. The number of amides is 1. The maximum absolute atomic E-state index is 12.2. The van der Waals surface area contributed by atoms with Crippen LogP contribution in [0.5, 0.6) is 5.75 Å². The first-order chi connectivity index (χ1) is 10.3. The summed E-state index contributed by atoms with van der Waals surface area (Å²) >= 11 is 0. The zero-order valence-corrected chi connectivity index (χ0v) is 12.9. The van der Waals surface area contributed by atoms with E-state index < -0.39 is 33.8 Å². The first kappa shape index (κ1) is 17.9. The van der Waals surface area contributed by atoms with Crippen LogP contribution in [0.3, 0.4) is 0 Å². The van der Waals surface area contributed by atoms with E-state index in [1.807, 2.05) is 0 Å². The van der Waals surface area contributed by atoms with Crippen LogP contribution in [0.4, 0.5) is 0 Å². The van der Waals surface area contributed by atoms with Gasteiger partial charge in [0.15, 0.2) is 0 Å². The Morgan fingerprint density at radius 3 is 2.50 bits per heavy atom. The summed E-state index contributed by atoms with van der Waals surface area (Å²) in [5.74, 6) is -2.40. The van der Waals surface area contributed by atoms with E-state index in [-0.39, 0.29) is 11.3 Å². The van der Waals surface area contributed by atoms with Gasteiger partial charge in [0, 0.05) is 0 Å². The smallest absolute Gasteiger partial charge is 0.329 e. The van der Waals surface area contributed by atoms with Crippen molar-refractivity contribution in [2.75, 3.05) is 19.5 Å². The Morgan fingerprint density at radius 1 is 1.32 bits per heavy atom. The molecule has 0 heterocycles. The molecule has 0 unspecified atom stereocenters. The molecule has 0 saturated carbocycles. The van der Waals surface area contributed by atoms with Crippen molar-refractivity contribution in [3.8, 4) is 5.75 Å². The standard InChI is InChI=1S/C13H17NO7S/c1-3-21-11-7-5-4-6-9(11)12(15)14-10(13(16)20-2)8-22(17,18)19/h4-7,10H,3,8H2,1-2H3,(H,14,15)(H,17,18,19)/t10-/m0/s1. The van der Waals surface area contributed by atoms with Gasteiger partial charge in [-0.1, -0.05) is 12.1 Å². The predicted molar refractivity (Wildman–Crippen MR) is 77.3 cm³/mol. The third-order valence-corrected chi connectivity index (χ3v) is 3.35. The summed E-state index contributed by atoms with van der Waals surface area (Å²) in [7, 11) is -3.43. The van der Waals surface area contributed by atoms with E-state index in [4.69, 9.17) is 9.29 Å². The molecule has 8 nitrogen and oxygen atoms in total. The Kier molecular flexibility index (Phi) is 6.32. The van der Waals surface area contributed by atoms with Gasteiger partial charge in [-0.05, 0) is 19.1 Å². The third-order valence-electron chi connectivity index (χ3n) is 2.60. The third kappa shape index (κ3) is 5.34. The molecule has 1 aromatic rings. The maximum Gasteiger partial charge on any atom is 0.329 e. The Bertz CT molecular complexity index is 642. The van der Waals surface area contributed by atoms with Crippen molar-refractivity contribution in [1.82, 2.24) is 5.32 Å². The first-order valence-corrected chi connectivity index (χ1v) is 7.95. The summed E-state index contributed by atoms with van der Waals surface area (Å²) < 4.78 is 40.4. The van der Waals surface area contributed by atoms with Crippen LogP contribution in [0.25, 0.3) is 0 Å². The molecule has 0 radical (unpaired) electrons. The zero-order valence-electron chi connectivity index (χ0n) is 12.1. The van der Waals surface area contributed by atoms with Gasteiger partial charge in [0.25, 0.3) is 16.0 Å². The maximum atomic E-state index is 12.2. The van der Waals surface area contributed by atoms with Crippen molar-refractivity contribution in [1.29, 1.82) is 0 Å². The highest BCUT2D eigenvalue weighted by Crippen LogP contribution is 2.18. The van der Waals surface area contributed by atoms with E-state index in [2.05, 4.69) is 10.1 Å². The van der Waals surface area contributed by atoms with Crippen LogP contribution in [0.15, 0.2) is 24.3 Å². The van der Waals surface area contributed by atoms with Gasteiger partial charge in [-0.25, -0.2) is 4.79 Å². The minimum Gasteiger partial charge on any atom is -0.493 e. The van der Waals surface area contributed by atoms with E-state index in [1.165, 1.54) is 6.07 Å². The fourth-order valence-electron chi connectivity index (χ4n) is 1.69. The van der Waals surface area contributed by atoms with Gasteiger partial charge in [0.05, 0.1) is 19.3 Å². The molecule has 0 aliphatic rings. The molecule has 0 saturated heterocycles. The van der Waals surface area contributed by atoms with Crippen molar-refractivity contribution in [2.24, 2.45) is 0 Å². The van der Waals surface area contributed by atoms with Crippen molar-refractivity contribution < 1.29 is 32.0 Å². The molecular weight excluding hydrogens is 314 g/mol. The Balaban J connectivity index is 2.98. The van der Waals surface area contributed by atoms with Gasteiger partial charge >= 0.3 is 5.97 Å². The summed E-state index contributed by atoms with van der Waals surface area (Å²) in [6.07, 6.45) is 0. The molecule has 0 aliphatic heterocycles. The molecular formula is C13H17NO7S. The van der Waals surface area contributed by atoms with Gasteiger partial charge in [-0.2, -0.15) is 8.42 Å². The normalized spacial score (nSPS) is 12.3. The Hall–Kier alpha value is -2.13. The largest absolute Gasteiger partial charge is 0.493 e. The fraction of sp³-hybridized carbons (Fsp3) is 0.385. The summed E-state index contributed by atoms with van der Waals surface area (Å²) in [5.41, 5.74) is 0.133. The number of hydrogen-bond acceptors (Lipinski definition) is 6. The van der Waals surface area contributed by atoms with Crippen molar-refractivity contribution in [3.63, 3.8) is 0 Å². The summed E-state index contributed by atoms with van der Waals surface area (Å²) in [4.78, 5) is 23.7. The van der Waals surface area contributed by atoms with Crippen LogP contribution in [-0.2, 0) is 19.6 Å². The highest BCUT2D eigenvalue weighted by Gasteiger charge is 2.28. The SMILES string of the molecule is CCOc1ccccc1C(=O)N[C@@H](CS(=O)(=O)O)C(=O)OC. The molecule has 1 amide bonds. The lowest BCUT2D eigenvalue weighted by molar-refractivity contribution is -0.142. The highest BCUT2D eigenvalue weighted by atomic mass is 32.2. The molecule has 0 fully saturated rings. The molecule has 0 spiro atoms. The number of benzene rings is 1.